The maximum Gasteiger partial charge on any atom is -0.0297 e. The van der Waals surface area contributed by atoms with Crippen LogP contribution >= 0.6 is 0 Å². The molecule has 0 heteroatoms. The third-order valence-electron chi connectivity index (χ3n) is 6.75. The molecule has 0 radical (unpaired) electrons. The molecule has 3 aliphatic rings. The van der Waals surface area contributed by atoms with E-state index in [1.807, 2.05) is 0 Å². The summed E-state index contributed by atoms with van der Waals surface area (Å²) in [5.74, 6) is 5.44. The predicted molar refractivity (Wildman–Crippen MR) is 73.8 cm³/mol. The molecular formula is C17H30. The van der Waals surface area contributed by atoms with E-state index in [1.54, 1.807) is 25.7 Å². The van der Waals surface area contributed by atoms with Gasteiger partial charge in [0.1, 0.15) is 0 Å². The van der Waals surface area contributed by atoms with Crippen LogP contribution in [-0.4, -0.2) is 0 Å². The van der Waals surface area contributed by atoms with Gasteiger partial charge < -0.3 is 0 Å². The number of fused-ring (bicyclic) bond motifs is 1. The van der Waals surface area contributed by atoms with Crippen molar-refractivity contribution in [3.8, 4) is 0 Å². The Bertz CT molecular complexity index is 278. The predicted octanol–water partition coefficient (Wildman–Crippen LogP) is 5.28. The quantitative estimate of drug-likeness (QED) is 0.621. The highest BCUT2D eigenvalue weighted by Gasteiger charge is 2.48. The normalized spacial score (nSPS) is 44.6. The van der Waals surface area contributed by atoms with E-state index in [0.717, 1.165) is 29.6 Å². The zero-order valence-electron chi connectivity index (χ0n) is 12.0. The third kappa shape index (κ3) is 2.06. The summed E-state index contributed by atoms with van der Waals surface area (Å²) in [5, 5.41) is 0. The fourth-order valence-electron chi connectivity index (χ4n) is 5.35. The highest BCUT2D eigenvalue weighted by Crippen LogP contribution is 2.58. The summed E-state index contributed by atoms with van der Waals surface area (Å²) >= 11 is 0. The van der Waals surface area contributed by atoms with Crippen molar-refractivity contribution in [3.05, 3.63) is 0 Å². The van der Waals surface area contributed by atoms with Crippen LogP contribution in [0, 0.1) is 35.0 Å². The minimum atomic E-state index is 0.696. The number of hydrogen-bond donors (Lipinski definition) is 0. The molecule has 0 aromatic rings. The summed E-state index contributed by atoms with van der Waals surface area (Å²) in [4.78, 5) is 0. The average Bonchev–Trinajstić information content (AvgIpc) is 3.02. The summed E-state index contributed by atoms with van der Waals surface area (Å²) in [6.07, 6.45) is 12.2. The molecule has 0 bridgehead atoms. The Kier molecular flexibility index (Phi) is 3.04. The Hall–Kier alpha value is 0. The van der Waals surface area contributed by atoms with Crippen molar-refractivity contribution in [2.24, 2.45) is 35.0 Å². The van der Waals surface area contributed by atoms with Gasteiger partial charge in [0.25, 0.3) is 0 Å². The van der Waals surface area contributed by atoms with Gasteiger partial charge >= 0.3 is 0 Å². The topological polar surface area (TPSA) is 0 Å². The second-order valence-corrected chi connectivity index (χ2v) is 7.72. The monoisotopic (exact) mass is 234 g/mol. The average molecular weight is 234 g/mol. The van der Waals surface area contributed by atoms with Crippen LogP contribution in [0.4, 0.5) is 0 Å². The highest BCUT2D eigenvalue weighted by molar-refractivity contribution is 4.98. The highest BCUT2D eigenvalue weighted by atomic mass is 14.5. The Balaban J connectivity index is 1.68. The molecule has 0 aliphatic heterocycles. The zero-order chi connectivity index (χ0) is 12.0. The molecule has 0 heterocycles. The Morgan fingerprint density at radius 1 is 1.00 bits per heavy atom. The second-order valence-electron chi connectivity index (χ2n) is 7.72. The summed E-state index contributed by atoms with van der Waals surface area (Å²) in [6.45, 7) is 7.56. The zero-order valence-corrected chi connectivity index (χ0v) is 12.0. The van der Waals surface area contributed by atoms with Crippen LogP contribution < -0.4 is 0 Å². The second kappa shape index (κ2) is 4.28. The molecule has 5 atom stereocenters. The molecule has 0 aromatic carbocycles. The van der Waals surface area contributed by atoms with Gasteiger partial charge in [-0.05, 0) is 73.5 Å². The van der Waals surface area contributed by atoms with Crippen LogP contribution in [0.3, 0.4) is 0 Å². The molecule has 0 amide bonds. The Labute approximate surface area is 108 Å². The fourth-order valence-corrected chi connectivity index (χ4v) is 5.35. The number of rotatable bonds is 4. The van der Waals surface area contributed by atoms with Crippen molar-refractivity contribution in [1.82, 2.24) is 0 Å². The summed E-state index contributed by atoms with van der Waals surface area (Å²) in [6, 6.07) is 0. The molecular weight excluding hydrogens is 204 g/mol. The first-order valence-corrected chi connectivity index (χ1v) is 8.14. The molecule has 0 spiro atoms. The van der Waals surface area contributed by atoms with E-state index in [2.05, 4.69) is 20.8 Å². The maximum absolute atomic E-state index is 2.59. The van der Waals surface area contributed by atoms with Gasteiger partial charge in [-0.2, -0.15) is 0 Å². The van der Waals surface area contributed by atoms with Gasteiger partial charge in [-0.15, -0.1) is 0 Å². The Morgan fingerprint density at radius 2 is 1.71 bits per heavy atom. The molecule has 17 heavy (non-hydrogen) atoms. The van der Waals surface area contributed by atoms with Gasteiger partial charge in [0.05, 0.1) is 0 Å². The molecule has 0 aromatic heterocycles. The smallest absolute Gasteiger partial charge is 0.0297 e. The van der Waals surface area contributed by atoms with E-state index < -0.39 is 0 Å². The third-order valence-corrected chi connectivity index (χ3v) is 6.75. The fraction of sp³-hybridized carbons (Fsp3) is 1.00. The van der Waals surface area contributed by atoms with E-state index >= 15 is 0 Å². The minimum Gasteiger partial charge on any atom is -0.0649 e. The largest absolute Gasteiger partial charge is 0.0649 e. The molecule has 3 aliphatic carbocycles. The molecule has 3 saturated carbocycles. The molecule has 0 saturated heterocycles. The first kappa shape index (κ1) is 12.1. The lowest BCUT2D eigenvalue weighted by atomic mass is 9.70. The summed E-state index contributed by atoms with van der Waals surface area (Å²) in [5.41, 5.74) is 0.696. The van der Waals surface area contributed by atoms with Gasteiger partial charge in [0, 0.05) is 0 Å². The molecule has 3 rings (SSSR count). The van der Waals surface area contributed by atoms with Crippen molar-refractivity contribution in [3.63, 3.8) is 0 Å². The van der Waals surface area contributed by atoms with Crippen LogP contribution in [0.2, 0.25) is 0 Å². The van der Waals surface area contributed by atoms with Gasteiger partial charge in [-0.25, -0.2) is 0 Å². The SMILES string of the molecule is CCC(C)(CC1CCC2CCC(C)C21)C1CC1. The first-order valence-electron chi connectivity index (χ1n) is 8.14. The van der Waals surface area contributed by atoms with Crippen molar-refractivity contribution >= 4 is 0 Å². The van der Waals surface area contributed by atoms with Crippen molar-refractivity contribution in [2.45, 2.75) is 72.1 Å². The number of hydrogen-bond acceptors (Lipinski definition) is 0. The molecule has 98 valence electrons. The van der Waals surface area contributed by atoms with Crippen molar-refractivity contribution < 1.29 is 0 Å². The minimum absolute atomic E-state index is 0.696. The van der Waals surface area contributed by atoms with Crippen LogP contribution in [0.5, 0.6) is 0 Å². The van der Waals surface area contributed by atoms with Gasteiger partial charge in [-0.3, -0.25) is 0 Å². The van der Waals surface area contributed by atoms with E-state index in [1.165, 1.54) is 25.7 Å². The molecule has 0 nitrogen and oxygen atoms in total. The van der Waals surface area contributed by atoms with Crippen molar-refractivity contribution in [1.29, 1.82) is 0 Å². The molecule has 0 N–H and O–H groups in total. The maximum atomic E-state index is 2.59. The van der Waals surface area contributed by atoms with Gasteiger partial charge in [0.2, 0.25) is 0 Å². The summed E-state index contributed by atoms with van der Waals surface area (Å²) in [7, 11) is 0. The molecule has 3 fully saturated rings. The van der Waals surface area contributed by atoms with Crippen molar-refractivity contribution in [2.75, 3.05) is 0 Å². The molecule has 5 unspecified atom stereocenters. The van der Waals surface area contributed by atoms with Crippen LogP contribution in [0.25, 0.3) is 0 Å². The van der Waals surface area contributed by atoms with E-state index in [4.69, 9.17) is 0 Å². The van der Waals surface area contributed by atoms with Crippen LogP contribution in [0.1, 0.15) is 72.1 Å². The standard InChI is InChI=1S/C17H30/c1-4-17(3,15-9-10-15)11-14-8-7-13-6-5-12(2)16(13)14/h12-16H,4-11H2,1-3H3. The van der Waals surface area contributed by atoms with E-state index in [9.17, 15) is 0 Å². The van der Waals surface area contributed by atoms with E-state index in [0.29, 0.717) is 5.41 Å². The van der Waals surface area contributed by atoms with Crippen LogP contribution in [-0.2, 0) is 0 Å². The lowest BCUT2D eigenvalue weighted by Crippen LogP contribution is -2.26. The lowest BCUT2D eigenvalue weighted by Gasteiger charge is -2.35. The van der Waals surface area contributed by atoms with E-state index in [-0.39, 0.29) is 0 Å². The first-order chi connectivity index (χ1) is 8.14. The Morgan fingerprint density at radius 3 is 2.35 bits per heavy atom. The lowest BCUT2D eigenvalue weighted by molar-refractivity contribution is 0.150. The summed E-state index contributed by atoms with van der Waals surface area (Å²) < 4.78 is 0. The van der Waals surface area contributed by atoms with Gasteiger partial charge in [0.15, 0.2) is 0 Å². The van der Waals surface area contributed by atoms with Crippen LogP contribution in [0.15, 0.2) is 0 Å². The van der Waals surface area contributed by atoms with Gasteiger partial charge in [-0.1, -0.05) is 33.6 Å².